The molecule has 0 spiro atoms. The number of para-hydroxylation sites is 2. The van der Waals surface area contributed by atoms with Gasteiger partial charge in [0, 0.05) is 37.3 Å². The van der Waals surface area contributed by atoms with Crippen molar-refractivity contribution in [2.75, 3.05) is 58.5 Å². The summed E-state index contributed by atoms with van der Waals surface area (Å²) in [5, 5.41) is 0.626. The van der Waals surface area contributed by atoms with Crippen molar-refractivity contribution in [1.82, 2.24) is 9.88 Å². The van der Waals surface area contributed by atoms with Crippen LogP contribution in [-0.4, -0.2) is 69.4 Å². The molecule has 1 fully saturated rings. The first-order valence-corrected chi connectivity index (χ1v) is 14.0. The fourth-order valence-corrected chi connectivity index (χ4v) is 6.40. The summed E-state index contributed by atoms with van der Waals surface area (Å²) in [6.45, 7) is 4.72. The molecule has 6 rings (SSSR count). The molecule has 2 aliphatic heterocycles. The number of morpholine rings is 1. The molecule has 0 atom stereocenters. The van der Waals surface area contributed by atoms with Gasteiger partial charge in [-0.1, -0.05) is 47.7 Å². The van der Waals surface area contributed by atoms with Crippen molar-refractivity contribution in [2.24, 2.45) is 0 Å². The molecule has 0 saturated carbocycles. The molecular weight excluding hydrogens is 550 g/mol. The number of hydrogen-bond donors (Lipinski definition) is 0. The number of benzene rings is 3. The third kappa shape index (κ3) is 5.34. The van der Waals surface area contributed by atoms with E-state index >= 15 is 0 Å². The van der Waals surface area contributed by atoms with Crippen molar-refractivity contribution in [2.45, 2.75) is 12.3 Å². The number of amides is 1. The summed E-state index contributed by atoms with van der Waals surface area (Å²) in [4.78, 5) is 23.8. The second-order valence-electron chi connectivity index (χ2n) is 9.55. The lowest BCUT2D eigenvalue weighted by molar-refractivity contribution is -0.119. The van der Waals surface area contributed by atoms with Crippen LogP contribution >= 0.6 is 23.7 Å². The number of ether oxygens (including phenoxy) is 4. The van der Waals surface area contributed by atoms with Gasteiger partial charge in [-0.15, -0.1) is 12.4 Å². The molecule has 1 saturated heterocycles. The molecule has 0 aliphatic carbocycles. The molecule has 2 aliphatic rings. The normalized spacial score (nSPS) is 14.9. The minimum atomic E-state index is -0.509. The Morgan fingerprint density at radius 3 is 2.25 bits per heavy atom. The zero-order chi connectivity index (χ0) is 26.8. The summed E-state index contributed by atoms with van der Waals surface area (Å²) < 4.78 is 23.8. The number of thiazole rings is 1. The minimum Gasteiger partial charge on any atom is -0.495 e. The Hall–Kier alpha value is -3.37. The lowest BCUT2D eigenvalue weighted by Crippen LogP contribution is -2.40. The van der Waals surface area contributed by atoms with E-state index in [9.17, 15) is 4.79 Å². The van der Waals surface area contributed by atoms with E-state index in [1.165, 1.54) is 11.3 Å². The van der Waals surface area contributed by atoms with Crippen LogP contribution in [0.3, 0.4) is 0 Å². The second-order valence-corrected chi connectivity index (χ2v) is 10.5. The number of fused-ring (bicyclic) bond motifs is 3. The fourth-order valence-electron chi connectivity index (χ4n) is 5.30. The van der Waals surface area contributed by atoms with Crippen molar-refractivity contribution < 1.29 is 23.7 Å². The van der Waals surface area contributed by atoms with Gasteiger partial charge in [0.2, 0.25) is 5.91 Å². The Kier molecular flexibility index (Phi) is 8.75. The van der Waals surface area contributed by atoms with Crippen molar-refractivity contribution in [3.05, 3.63) is 71.8 Å². The van der Waals surface area contributed by atoms with Gasteiger partial charge in [-0.05, 0) is 30.7 Å². The lowest BCUT2D eigenvalue weighted by atomic mass is 9.87. The second kappa shape index (κ2) is 12.4. The number of nitrogens with zero attached hydrogens (tertiary/aromatic N) is 3. The number of halogens is 1. The van der Waals surface area contributed by atoms with Crippen LogP contribution in [0.1, 0.15) is 23.5 Å². The maximum absolute atomic E-state index is 14.6. The Labute approximate surface area is 243 Å². The van der Waals surface area contributed by atoms with Crippen molar-refractivity contribution in [1.29, 1.82) is 0 Å². The lowest BCUT2D eigenvalue weighted by Gasteiger charge is -2.32. The Bertz CT molecular complexity index is 1400. The summed E-state index contributed by atoms with van der Waals surface area (Å²) in [6, 6.07) is 19.3. The van der Waals surface area contributed by atoms with E-state index < -0.39 is 5.92 Å². The molecule has 40 heavy (non-hydrogen) atoms. The molecule has 0 bridgehead atoms. The summed E-state index contributed by atoms with van der Waals surface area (Å²) in [7, 11) is 3.27. The average molecular weight is 582 g/mol. The Balaban J connectivity index is 0.00000323. The van der Waals surface area contributed by atoms with Crippen LogP contribution in [-0.2, 0) is 9.53 Å². The molecule has 210 valence electrons. The van der Waals surface area contributed by atoms with Crippen LogP contribution in [0.5, 0.6) is 23.0 Å². The molecule has 1 aromatic heterocycles. The van der Waals surface area contributed by atoms with Crippen LogP contribution in [0.25, 0.3) is 10.2 Å². The SMILES string of the molecule is COc1ccc(OC)c2sc(N(CCCN3CCOCC3)C(=O)C3c4ccccc4Oc4ccccc43)nc12.Cl. The van der Waals surface area contributed by atoms with Crippen LogP contribution < -0.4 is 19.1 Å². The Morgan fingerprint density at radius 2 is 1.60 bits per heavy atom. The minimum absolute atomic E-state index is 0. The monoisotopic (exact) mass is 581 g/mol. The van der Waals surface area contributed by atoms with Crippen LogP contribution in [0.2, 0.25) is 0 Å². The molecule has 0 N–H and O–H groups in total. The fraction of sp³-hybridized carbons (Fsp3) is 0.333. The standard InChI is InChI=1S/C30H31N3O5S.ClH/c1-35-24-12-13-25(36-2)28-27(24)31-30(39-28)33(15-7-14-32-16-18-37-19-17-32)29(34)26-20-8-3-5-10-22(20)38-23-11-6-4-9-21(23)26;/h3-6,8-13,26H,7,14-19H2,1-2H3;1H. The molecule has 3 aromatic carbocycles. The van der Waals surface area contributed by atoms with Crippen molar-refractivity contribution in [3.63, 3.8) is 0 Å². The van der Waals surface area contributed by atoms with Crippen LogP contribution in [0.4, 0.5) is 5.13 Å². The largest absolute Gasteiger partial charge is 0.495 e. The predicted molar refractivity (Wildman–Crippen MR) is 159 cm³/mol. The summed E-state index contributed by atoms with van der Waals surface area (Å²) in [5.74, 6) is 2.22. The summed E-state index contributed by atoms with van der Waals surface area (Å²) >= 11 is 1.45. The van der Waals surface area contributed by atoms with E-state index in [-0.39, 0.29) is 18.3 Å². The van der Waals surface area contributed by atoms with Gasteiger partial charge in [0.1, 0.15) is 33.2 Å². The first-order valence-electron chi connectivity index (χ1n) is 13.2. The van der Waals surface area contributed by atoms with E-state index in [0.29, 0.717) is 40.2 Å². The highest BCUT2D eigenvalue weighted by molar-refractivity contribution is 7.22. The molecule has 4 aromatic rings. The number of aromatic nitrogens is 1. The van der Waals surface area contributed by atoms with E-state index in [4.69, 9.17) is 23.9 Å². The van der Waals surface area contributed by atoms with Gasteiger partial charge in [0.05, 0.1) is 33.4 Å². The van der Waals surface area contributed by atoms with Crippen molar-refractivity contribution >= 4 is 45.0 Å². The van der Waals surface area contributed by atoms with Gasteiger partial charge in [-0.2, -0.15) is 0 Å². The highest BCUT2D eigenvalue weighted by Crippen LogP contribution is 2.46. The van der Waals surface area contributed by atoms with E-state index in [2.05, 4.69) is 4.90 Å². The van der Waals surface area contributed by atoms with Crippen LogP contribution in [0.15, 0.2) is 60.7 Å². The maximum atomic E-state index is 14.6. The quantitative estimate of drug-likeness (QED) is 0.263. The summed E-state index contributed by atoms with van der Waals surface area (Å²) in [6.07, 6.45) is 0.808. The first kappa shape index (κ1) is 28.2. The Morgan fingerprint density at radius 1 is 0.975 bits per heavy atom. The predicted octanol–water partition coefficient (Wildman–Crippen LogP) is 5.73. The molecular formula is C30H32ClN3O5S. The van der Waals surface area contributed by atoms with E-state index in [1.807, 2.05) is 65.6 Å². The van der Waals surface area contributed by atoms with Gasteiger partial charge < -0.3 is 18.9 Å². The average Bonchev–Trinajstić information content (AvgIpc) is 3.43. The molecule has 8 nitrogen and oxygen atoms in total. The van der Waals surface area contributed by atoms with Crippen LogP contribution in [0, 0.1) is 0 Å². The van der Waals surface area contributed by atoms with Gasteiger partial charge in [-0.3, -0.25) is 14.6 Å². The first-order chi connectivity index (χ1) is 19.2. The molecule has 10 heteroatoms. The van der Waals surface area contributed by atoms with E-state index in [0.717, 1.165) is 55.1 Å². The van der Waals surface area contributed by atoms with E-state index in [1.54, 1.807) is 14.2 Å². The van der Waals surface area contributed by atoms with Gasteiger partial charge in [-0.25, -0.2) is 4.98 Å². The zero-order valence-corrected chi connectivity index (χ0v) is 24.1. The molecule has 3 heterocycles. The highest BCUT2D eigenvalue weighted by Gasteiger charge is 2.36. The molecule has 0 unspecified atom stereocenters. The molecule has 0 radical (unpaired) electrons. The zero-order valence-electron chi connectivity index (χ0n) is 22.5. The summed E-state index contributed by atoms with van der Waals surface area (Å²) in [5.41, 5.74) is 2.40. The van der Waals surface area contributed by atoms with Gasteiger partial charge in [0.15, 0.2) is 5.13 Å². The number of carbonyl (C=O) groups excluding carboxylic acids is 1. The number of anilines is 1. The van der Waals surface area contributed by atoms with Crippen molar-refractivity contribution in [3.8, 4) is 23.0 Å². The van der Waals surface area contributed by atoms with Gasteiger partial charge >= 0.3 is 0 Å². The third-order valence-electron chi connectivity index (χ3n) is 7.28. The third-order valence-corrected chi connectivity index (χ3v) is 8.38. The van der Waals surface area contributed by atoms with Gasteiger partial charge in [0.25, 0.3) is 0 Å². The number of methoxy groups -OCH3 is 2. The number of hydrogen-bond acceptors (Lipinski definition) is 8. The highest BCUT2D eigenvalue weighted by atomic mass is 35.5. The smallest absolute Gasteiger partial charge is 0.241 e. The maximum Gasteiger partial charge on any atom is 0.241 e. The molecule has 1 amide bonds. The number of rotatable bonds is 8. The number of carbonyl (C=O) groups is 1. The topological polar surface area (TPSA) is 73.4 Å².